The summed E-state index contributed by atoms with van der Waals surface area (Å²) in [6.45, 7) is 8.92. The number of amidine groups is 1. The van der Waals surface area contributed by atoms with Gasteiger partial charge in [0.05, 0.1) is 5.75 Å². The molecule has 10 nitrogen and oxygen atoms in total. The number of β-lactam (4-membered cyclic amide) rings is 1. The van der Waals surface area contributed by atoms with Gasteiger partial charge in [0.1, 0.15) is 23.7 Å². The van der Waals surface area contributed by atoms with Gasteiger partial charge in [0.2, 0.25) is 5.91 Å². The molecule has 2 aliphatic heterocycles. The van der Waals surface area contributed by atoms with Gasteiger partial charge in [-0.25, -0.2) is 4.79 Å². The quantitative estimate of drug-likeness (QED) is 0.205. The van der Waals surface area contributed by atoms with Crippen LogP contribution in [0.3, 0.4) is 0 Å². The molecule has 172 valence electrons. The molecule has 1 fully saturated rings. The Morgan fingerprint density at radius 1 is 1.32 bits per heavy atom. The average Bonchev–Trinajstić information content (AvgIpc) is 2.67. The predicted molar refractivity (Wildman–Crippen MR) is 119 cm³/mol. The first-order chi connectivity index (χ1) is 14.5. The maximum absolute atomic E-state index is 12.6. The molecule has 0 unspecified atom stereocenters. The van der Waals surface area contributed by atoms with Gasteiger partial charge in [-0.2, -0.15) is 0 Å². The van der Waals surface area contributed by atoms with Crippen LogP contribution in [0.1, 0.15) is 34.6 Å². The molecular weight excluding hydrogens is 444 g/mol. The van der Waals surface area contributed by atoms with Crippen molar-refractivity contribution in [2.75, 3.05) is 18.1 Å². The SMILES string of the molecule is CC(=O)OCC1=C(C(=O)O)N2C(=O)[C@@H](NC(=O)CSC(=N)N(C(C)C)C(C)C)[C@H]2SC1. The second-order valence-electron chi connectivity index (χ2n) is 7.68. The van der Waals surface area contributed by atoms with Crippen LogP contribution in [0, 0.1) is 5.41 Å². The molecule has 0 aromatic rings. The van der Waals surface area contributed by atoms with Gasteiger partial charge in [0, 0.05) is 30.3 Å². The summed E-state index contributed by atoms with van der Waals surface area (Å²) in [5.74, 6) is -2.48. The normalized spacial score (nSPS) is 20.4. The number of aliphatic carboxylic acids is 1. The molecule has 0 aliphatic carbocycles. The lowest BCUT2D eigenvalue weighted by molar-refractivity contribution is -0.150. The molecule has 2 rings (SSSR count). The average molecular weight is 473 g/mol. The van der Waals surface area contributed by atoms with E-state index in [9.17, 15) is 24.3 Å². The number of carbonyl (C=O) groups excluding carboxylic acids is 3. The second-order valence-corrected chi connectivity index (χ2v) is 9.75. The van der Waals surface area contributed by atoms with Crippen LogP contribution in [0.15, 0.2) is 11.3 Å². The molecule has 0 saturated carbocycles. The van der Waals surface area contributed by atoms with Crippen LogP contribution < -0.4 is 5.32 Å². The lowest BCUT2D eigenvalue weighted by atomic mass is 10.0. The summed E-state index contributed by atoms with van der Waals surface area (Å²) in [4.78, 5) is 50.7. The molecule has 0 bridgehead atoms. The van der Waals surface area contributed by atoms with Crippen LogP contribution >= 0.6 is 23.5 Å². The number of nitrogens with zero attached hydrogens (tertiary/aromatic N) is 2. The molecule has 1 saturated heterocycles. The molecule has 2 amide bonds. The van der Waals surface area contributed by atoms with E-state index < -0.39 is 35.2 Å². The number of amides is 2. The molecule has 0 aromatic heterocycles. The maximum Gasteiger partial charge on any atom is 0.352 e. The Balaban J connectivity index is 1.98. The monoisotopic (exact) mass is 472 g/mol. The molecule has 12 heteroatoms. The Bertz CT molecular complexity index is 805. The first-order valence-electron chi connectivity index (χ1n) is 9.78. The first-order valence-corrected chi connectivity index (χ1v) is 11.8. The van der Waals surface area contributed by atoms with E-state index >= 15 is 0 Å². The van der Waals surface area contributed by atoms with E-state index in [1.807, 2.05) is 32.6 Å². The number of rotatable bonds is 8. The number of carbonyl (C=O) groups is 4. The fourth-order valence-corrected chi connectivity index (χ4v) is 5.72. The number of ether oxygens (including phenoxy) is 1. The van der Waals surface area contributed by atoms with E-state index in [4.69, 9.17) is 10.1 Å². The minimum atomic E-state index is -1.28. The van der Waals surface area contributed by atoms with Gasteiger partial charge in [0.15, 0.2) is 5.17 Å². The highest BCUT2D eigenvalue weighted by molar-refractivity contribution is 8.14. The third-order valence-corrected chi connectivity index (χ3v) is 6.93. The van der Waals surface area contributed by atoms with Crippen molar-refractivity contribution in [1.29, 1.82) is 5.41 Å². The minimum absolute atomic E-state index is 0.0186. The van der Waals surface area contributed by atoms with Crippen molar-refractivity contribution in [1.82, 2.24) is 15.1 Å². The zero-order chi connectivity index (χ0) is 23.5. The lowest BCUT2D eigenvalue weighted by Crippen LogP contribution is -2.70. The fourth-order valence-electron chi connectivity index (χ4n) is 3.47. The third-order valence-electron chi connectivity index (χ3n) is 4.70. The van der Waals surface area contributed by atoms with Crippen molar-refractivity contribution in [3.63, 3.8) is 0 Å². The maximum atomic E-state index is 12.6. The van der Waals surface area contributed by atoms with Crippen LogP contribution in [-0.4, -0.2) is 85.4 Å². The van der Waals surface area contributed by atoms with Gasteiger partial charge in [-0.3, -0.25) is 24.7 Å². The van der Waals surface area contributed by atoms with Crippen molar-refractivity contribution in [2.45, 2.75) is 58.1 Å². The number of carboxylic acids is 1. The van der Waals surface area contributed by atoms with E-state index in [1.54, 1.807) is 0 Å². The largest absolute Gasteiger partial charge is 0.477 e. The number of nitrogens with one attached hydrogen (secondary N) is 2. The van der Waals surface area contributed by atoms with Gasteiger partial charge in [-0.1, -0.05) is 11.8 Å². The van der Waals surface area contributed by atoms with Gasteiger partial charge >= 0.3 is 11.9 Å². The molecule has 0 spiro atoms. The highest BCUT2D eigenvalue weighted by Crippen LogP contribution is 2.40. The lowest BCUT2D eigenvalue weighted by Gasteiger charge is -2.49. The summed E-state index contributed by atoms with van der Waals surface area (Å²) >= 11 is 2.39. The van der Waals surface area contributed by atoms with Crippen molar-refractivity contribution >= 4 is 52.4 Å². The van der Waals surface area contributed by atoms with E-state index in [-0.39, 0.29) is 41.1 Å². The highest BCUT2D eigenvalue weighted by Gasteiger charge is 2.54. The summed E-state index contributed by atoms with van der Waals surface area (Å²) < 4.78 is 4.90. The number of fused-ring (bicyclic) bond motifs is 1. The summed E-state index contributed by atoms with van der Waals surface area (Å²) in [7, 11) is 0. The Labute approximate surface area is 189 Å². The zero-order valence-corrected chi connectivity index (χ0v) is 19.8. The van der Waals surface area contributed by atoms with Crippen molar-refractivity contribution in [3.05, 3.63) is 11.3 Å². The topological polar surface area (TPSA) is 140 Å². The van der Waals surface area contributed by atoms with E-state index in [0.717, 1.165) is 16.7 Å². The Hall–Kier alpha value is -2.21. The van der Waals surface area contributed by atoms with Crippen molar-refractivity contribution in [2.24, 2.45) is 0 Å². The Morgan fingerprint density at radius 2 is 1.94 bits per heavy atom. The number of carboxylic acid groups (broad SMARTS) is 1. The molecule has 0 radical (unpaired) electrons. The van der Waals surface area contributed by atoms with Crippen LogP contribution in [0.4, 0.5) is 0 Å². The summed E-state index contributed by atoms with van der Waals surface area (Å²) in [5, 5.41) is 20.2. The molecular formula is C19H28N4O6S2. The number of hydrogen-bond donors (Lipinski definition) is 3. The van der Waals surface area contributed by atoms with E-state index in [2.05, 4.69) is 5.32 Å². The molecule has 2 heterocycles. The molecule has 0 aromatic carbocycles. The smallest absolute Gasteiger partial charge is 0.352 e. The molecule has 31 heavy (non-hydrogen) atoms. The molecule has 3 N–H and O–H groups in total. The van der Waals surface area contributed by atoms with Gasteiger partial charge in [-0.15, -0.1) is 11.8 Å². The number of thioether (sulfide) groups is 2. The van der Waals surface area contributed by atoms with Gasteiger partial charge < -0.3 is 20.1 Å². The van der Waals surface area contributed by atoms with Crippen LogP contribution in [0.25, 0.3) is 0 Å². The summed E-state index contributed by atoms with van der Waals surface area (Å²) in [6, 6.07) is -0.597. The van der Waals surface area contributed by atoms with Crippen LogP contribution in [0.2, 0.25) is 0 Å². The Morgan fingerprint density at radius 3 is 2.45 bits per heavy atom. The van der Waals surface area contributed by atoms with Crippen molar-refractivity contribution < 1.29 is 29.0 Å². The van der Waals surface area contributed by atoms with Crippen LogP contribution in [-0.2, 0) is 23.9 Å². The second kappa shape index (κ2) is 10.4. The van der Waals surface area contributed by atoms with Crippen molar-refractivity contribution in [3.8, 4) is 0 Å². The summed E-state index contributed by atoms with van der Waals surface area (Å²) in [6.07, 6.45) is 0. The first kappa shape index (κ1) is 25.1. The van der Waals surface area contributed by atoms with E-state index in [0.29, 0.717) is 5.57 Å². The van der Waals surface area contributed by atoms with Gasteiger partial charge in [0.25, 0.3) is 5.91 Å². The third kappa shape index (κ3) is 5.73. The molecule has 2 atom stereocenters. The fraction of sp³-hybridized carbons (Fsp3) is 0.632. The standard InChI is InChI=1S/C19H28N4O6S2/c1-9(2)22(10(3)4)19(20)31-8-13(25)21-14-16(26)23-15(18(27)28)12(6-29-11(5)24)7-30-17(14)23/h9-10,14,17,20H,6-8H2,1-5H3,(H,21,25)(H,27,28)/t14-,17-/m1/s1. The highest BCUT2D eigenvalue weighted by atomic mass is 32.2. The Kier molecular flexibility index (Phi) is 8.41. The minimum Gasteiger partial charge on any atom is -0.477 e. The number of esters is 1. The van der Waals surface area contributed by atoms with E-state index in [1.165, 1.54) is 18.7 Å². The van der Waals surface area contributed by atoms with Crippen LogP contribution in [0.5, 0.6) is 0 Å². The number of hydrogen-bond acceptors (Lipinski definition) is 8. The predicted octanol–water partition coefficient (Wildman–Crippen LogP) is 1.07. The zero-order valence-electron chi connectivity index (χ0n) is 18.1. The molecule has 2 aliphatic rings. The summed E-state index contributed by atoms with van der Waals surface area (Å²) in [5.41, 5.74) is 0.148. The van der Waals surface area contributed by atoms with Gasteiger partial charge in [-0.05, 0) is 27.7 Å².